The summed E-state index contributed by atoms with van der Waals surface area (Å²) < 4.78 is 0. The van der Waals surface area contributed by atoms with E-state index in [0.29, 0.717) is 12.1 Å². The monoisotopic (exact) mass is 235 g/mol. The zero-order valence-electron chi connectivity index (χ0n) is 10.6. The first-order valence-corrected chi connectivity index (χ1v) is 5.70. The van der Waals surface area contributed by atoms with Crippen molar-refractivity contribution in [3.63, 3.8) is 0 Å². The van der Waals surface area contributed by atoms with Crippen molar-refractivity contribution in [1.29, 1.82) is 0 Å². The van der Waals surface area contributed by atoms with Gasteiger partial charge in [0.15, 0.2) is 0 Å². The van der Waals surface area contributed by atoms with Crippen molar-refractivity contribution < 1.29 is 9.90 Å². The third kappa shape index (κ3) is 9.18. The second-order valence-corrected chi connectivity index (χ2v) is 3.68. The lowest BCUT2D eigenvalue weighted by molar-refractivity contribution is 0.197. The molecule has 0 bridgehead atoms. The predicted molar refractivity (Wildman–Crippen MR) is 71.9 cm³/mol. The molecule has 0 radical (unpaired) electrons. The van der Waals surface area contributed by atoms with Crippen LogP contribution in [0.4, 0.5) is 4.79 Å². The van der Waals surface area contributed by atoms with E-state index in [1.54, 1.807) is 6.92 Å². The van der Waals surface area contributed by atoms with Crippen molar-refractivity contribution in [3.05, 3.63) is 48.2 Å². The van der Waals surface area contributed by atoms with Gasteiger partial charge < -0.3 is 5.11 Å². The van der Waals surface area contributed by atoms with Crippen LogP contribution < -0.4 is 5.32 Å². The zero-order chi connectivity index (χ0) is 13.1. The summed E-state index contributed by atoms with van der Waals surface area (Å²) in [6.07, 6.45) is 11.8. The van der Waals surface area contributed by atoms with E-state index in [1.807, 2.05) is 25.2 Å². The van der Waals surface area contributed by atoms with Crippen molar-refractivity contribution in [2.24, 2.45) is 0 Å². The quantitative estimate of drug-likeness (QED) is 0.398. The van der Waals surface area contributed by atoms with Gasteiger partial charge in [-0.1, -0.05) is 37.0 Å². The van der Waals surface area contributed by atoms with Gasteiger partial charge in [-0.05, 0) is 38.7 Å². The Hall–Kier alpha value is -1.77. The molecule has 3 nitrogen and oxygen atoms in total. The zero-order valence-corrected chi connectivity index (χ0v) is 10.6. The highest BCUT2D eigenvalue weighted by atomic mass is 16.4. The number of nitrogens with one attached hydrogen (secondary N) is 1. The Kier molecular flexibility index (Phi) is 8.47. The van der Waals surface area contributed by atoms with Crippen molar-refractivity contribution >= 4 is 6.09 Å². The Labute approximate surface area is 103 Å². The van der Waals surface area contributed by atoms with Gasteiger partial charge in [0, 0.05) is 5.70 Å². The highest BCUT2D eigenvalue weighted by Gasteiger charge is 2.00. The highest BCUT2D eigenvalue weighted by Crippen LogP contribution is 2.05. The van der Waals surface area contributed by atoms with Crippen LogP contribution in [0.15, 0.2) is 48.2 Å². The third-order valence-electron chi connectivity index (χ3n) is 2.06. The summed E-state index contributed by atoms with van der Waals surface area (Å²) in [5.74, 6) is 0. The first-order valence-electron chi connectivity index (χ1n) is 5.70. The van der Waals surface area contributed by atoms with Crippen LogP contribution in [0.3, 0.4) is 0 Å². The standard InChI is InChI=1S/C14H21NO2/c1-4-5-6-7-8-9-10-11-13(12(2)3)15-14(16)17/h4-5,8-9,11,15H,2,6-7,10H2,1,3H3,(H,16,17)/b5-4-,9-8-,13-11-. The van der Waals surface area contributed by atoms with Gasteiger partial charge in [-0.15, -0.1) is 0 Å². The van der Waals surface area contributed by atoms with Crippen LogP contribution in [-0.2, 0) is 0 Å². The molecule has 0 aromatic heterocycles. The van der Waals surface area contributed by atoms with Gasteiger partial charge in [0.05, 0.1) is 0 Å². The maximum Gasteiger partial charge on any atom is 0.409 e. The Balaban J connectivity index is 4.08. The Morgan fingerprint density at radius 2 is 1.94 bits per heavy atom. The van der Waals surface area contributed by atoms with E-state index in [4.69, 9.17) is 5.11 Å². The summed E-state index contributed by atoms with van der Waals surface area (Å²) in [6.45, 7) is 7.50. The van der Waals surface area contributed by atoms with E-state index in [-0.39, 0.29) is 0 Å². The molecule has 17 heavy (non-hydrogen) atoms. The number of hydrogen-bond acceptors (Lipinski definition) is 1. The molecule has 3 heteroatoms. The second kappa shape index (κ2) is 9.46. The first-order chi connectivity index (χ1) is 8.07. The molecule has 0 heterocycles. The van der Waals surface area contributed by atoms with Crippen LogP contribution in [0.25, 0.3) is 0 Å². The van der Waals surface area contributed by atoms with E-state index in [0.717, 1.165) is 18.4 Å². The number of carboxylic acid groups (broad SMARTS) is 1. The van der Waals surface area contributed by atoms with Gasteiger partial charge in [0.2, 0.25) is 0 Å². The molecule has 0 rings (SSSR count). The molecule has 0 saturated carbocycles. The normalized spacial score (nSPS) is 12.2. The summed E-state index contributed by atoms with van der Waals surface area (Å²) >= 11 is 0. The summed E-state index contributed by atoms with van der Waals surface area (Å²) in [5, 5.41) is 10.9. The van der Waals surface area contributed by atoms with Crippen LogP contribution in [-0.4, -0.2) is 11.2 Å². The molecular weight excluding hydrogens is 214 g/mol. The molecule has 0 spiro atoms. The van der Waals surface area contributed by atoms with Crippen molar-refractivity contribution in [3.8, 4) is 0 Å². The van der Waals surface area contributed by atoms with E-state index in [9.17, 15) is 4.79 Å². The summed E-state index contributed by atoms with van der Waals surface area (Å²) in [7, 11) is 0. The minimum Gasteiger partial charge on any atom is -0.465 e. The summed E-state index contributed by atoms with van der Waals surface area (Å²) in [6, 6.07) is 0. The molecule has 0 aromatic rings. The van der Waals surface area contributed by atoms with Gasteiger partial charge in [0.25, 0.3) is 0 Å². The largest absolute Gasteiger partial charge is 0.465 e. The van der Waals surface area contributed by atoms with Crippen LogP contribution in [0.2, 0.25) is 0 Å². The smallest absolute Gasteiger partial charge is 0.409 e. The van der Waals surface area contributed by atoms with E-state index >= 15 is 0 Å². The van der Waals surface area contributed by atoms with Gasteiger partial charge >= 0.3 is 6.09 Å². The molecule has 0 unspecified atom stereocenters. The van der Waals surface area contributed by atoms with Crippen LogP contribution in [0.1, 0.15) is 33.1 Å². The number of allylic oxidation sites excluding steroid dienone is 6. The maximum absolute atomic E-state index is 10.5. The number of hydrogen-bond donors (Lipinski definition) is 2. The lowest BCUT2D eigenvalue weighted by atomic mass is 10.2. The molecule has 0 aromatic carbocycles. The molecule has 0 aliphatic heterocycles. The first kappa shape index (κ1) is 15.2. The molecule has 0 aliphatic carbocycles. The average Bonchev–Trinajstić information content (AvgIpc) is 2.25. The van der Waals surface area contributed by atoms with E-state index in [2.05, 4.69) is 24.0 Å². The number of carbonyl (C=O) groups is 1. The van der Waals surface area contributed by atoms with Crippen molar-refractivity contribution in [2.75, 3.05) is 0 Å². The van der Waals surface area contributed by atoms with Crippen LogP contribution >= 0.6 is 0 Å². The predicted octanol–water partition coefficient (Wildman–Crippen LogP) is 4.02. The fourth-order valence-corrected chi connectivity index (χ4v) is 1.21. The number of unbranched alkanes of at least 4 members (excludes halogenated alkanes) is 1. The number of rotatable bonds is 7. The van der Waals surface area contributed by atoms with Gasteiger partial charge in [-0.25, -0.2) is 4.79 Å². The fraction of sp³-hybridized carbons (Fsp3) is 0.357. The highest BCUT2D eigenvalue weighted by molar-refractivity contribution is 5.68. The molecule has 0 saturated heterocycles. The maximum atomic E-state index is 10.5. The fourth-order valence-electron chi connectivity index (χ4n) is 1.21. The molecule has 0 atom stereocenters. The molecule has 0 aliphatic rings. The number of amides is 1. The van der Waals surface area contributed by atoms with Crippen LogP contribution in [0.5, 0.6) is 0 Å². The average molecular weight is 235 g/mol. The van der Waals surface area contributed by atoms with Crippen LogP contribution in [0, 0.1) is 0 Å². The Bertz CT molecular complexity index is 338. The van der Waals surface area contributed by atoms with Crippen molar-refractivity contribution in [2.45, 2.75) is 33.1 Å². The third-order valence-corrected chi connectivity index (χ3v) is 2.06. The minimum absolute atomic E-state index is 0.565. The van der Waals surface area contributed by atoms with Gasteiger partial charge in [0.1, 0.15) is 0 Å². The topological polar surface area (TPSA) is 49.3 Å². The second-order valence-electron chi connectivity index (χ2n) is 3.68. The van der Waals surface area contributed by atoms with E-state index < -0.39 is 6.09 Å². The minimum atomic E-state index is -1.06. The van der Waals surface area contributed by atoms with E-state index in [1.165, 1.54) is 0 Å². The Morgan fingerprint density at radius 3 is 2.47 bits per heavy atom. The van der Waals surface area contributed by atoms with Gasteiger partial charge in [-0.2, -0.15) is 0 Å². The van der Waals surface area contributed by atoms with Gasteiger partial charge in [-0.3, -0.25) is 5.32 Å². The molecule has 94 valence electrons. The lowest BCUT2D eigenvalue weighted by Crippen LogP contribution is -2.20. The van der Waals surface area contributed by atoms with Crippen molar-refractivity contribution in [1.82, 2.24) is 5.32 Å². The molecular formula is C14H21NO2. The Morgan fingerprint density at radius 1 is 1.29 bits per heavy atom. The molecule has 0 fully saturated rings. The molecule has 2 N–H and O–H groups in total. The lowest BCUT2D eigenvalue weighted by Gasteiger charge is -2.05. The summed E-state index contributed by atoms with van der Waals surface area (Å²) in [5.41, 5.74) is 1.28. The SMILES string of the molecule is C=C(C)/C(=C/C/C=C\CC/C=C\C)NC(=O)O. The molecule has 1 amide bonds. The summed E-state index contributed by atoms with van der Waals surface area (Å²) in [4.78, 5) is 10.5.